The number of nitrogens with zero attached hydrogens (tertiary/aromatic N) is 7. The van der Waals surface area contributed by atoms with Crippen LogP contribution < -0.4 is 16.4 Å². The predicted molar refractivity (Wildman–Crippen MR) is 145 cm³/mol. The van der Waals surface area contributed by atoms with Crippen molar-refractivity contribution < 1.29 is 9.45 Å². The van der Waals surface area contributed by atoms with Crippen LogP contribution in [0.4, 0.5) is 23.3 Å². The highest BCUT2D eigenvalue weighted by Crippen LogP contribution is 2.35. The Hall–Kier alpha value is -4.07. The summed E-state index contributed by atoms with van der Waals surface area (Å²) in [5.74, 6) is 1.34. The average Bonchev–Trinajstić information content (AvgIpc) is 3.34. The first-order chi connectivity index (χ1) is 18.2. The minimum absolute atomic E-state index is 0.0724. The monoisotopic (exact) mass is 558 g/mol. The van der Waals surface area contributed by atoms with E-state index in [0.717, 1.165) is 6.54 Å². The molecular formula is C23H24Cl2N10O3. The van der Waals surface area contributed by atoms with Crippen molar-refractivity contribution in [2.45, 2.75) is 6.42 Å². The van der Waals surface area contributed by atoms with Gasteiger partial charge in [0.1, 0.15) is 5.82 Å². The van der Waals surface area contributed by atoms with Crippen LogP contribution in [-0.2, 0) is 6.42 Å². The van der Waals surface area contributed by atoms with E-state index in [4.69, 9.17) is 33.5 Å². The molecule has 0 spiro atoms. The third kappa shape index (κ3) is 6.62. The molecule has 0 saturated carbocycles. The number of nitro groups is 1. The Balaban J connectivity index is 1.56. The van der Waals surface area contributed by atoms with Gasteiger partial charge >= 0.3 is 5.69 Å². The molecule has 4 N–H and O–H groups in total. The van der Waals surface area contributed by atoms with Gasteiger partial charge < -0.3 is 25.8 Å². The second-order valence-corrected chi connectivity index (χ2v) is 9.21. The first kappa shape index (κ1) is 27.0. The summed E-state index contributed by atoms with van der Waals surface area (Å²) in [5.41, 5.74) is 7.05. The summed E-state index contributed by atoms with van der Waals surface area (Å²) < 4.78 is 5.50. The Kier molecular flexibility index (Phi) is 8.51. The largest absolute Gasteiger partial charge is 0.384 e. The normalized spacial score (nSPS) is 11.1. The van der Waals surface area contributed by atoms with Gasteiger partial charge in [-0.1, -0.05) is 28.4 Å². The number of benzene rings is 1. The van der Waals surface area contributed by atoms with Gasteiger partial charge in [-0.25, -0.2) is 15.0 Å². The third-order valence-corrected chi connectivity index (χ3v) is 5.80. The van der Waals surface area contributed by atoms with E-state index in [2.05, 4.69) is 35.7 Å². The zero-order chi connectivity index (χ0) is 27.2. The van der Waals surface area contributed by atoms with Crippen molar-refractivity contribution in [1.29, 1.82) is 0 Å². The van der Waals surface area contributed by atoms with Crippen molar-refractivity contribution in [2.24, 2.45) is 0 Å². The molecule has 15 heteroatoms. The molecule has 0 fully saturated rings. The quantitative estimate of drug-likeness (QED) is 0.137. The van der Waals surface area contributed by atoms with Crippen LogP contribution >= 0.6 is 23.2 Å². The number of likely N-dealkylation sites (N-methyl/N-ethyl adjacent to an activating group) is 1. The smallest absolute Gasteiger partial charge is 0.311 e. The molecule has 0 amide bonds. The lowest BCUT2D eigenvalue weighted by Gasteiger charge is -2.12. The van der Waals surface area contributed by atoms with Crippen LogP contribution in [0.3, 0.4) is 0 Å². The zero-order valence-corrected chi connectivity index (χ0v) is 22.0. The maximum Gasteiger partial charge on any atom is 0.311 e. The van der Waals surface area contributed by atoms with E-state index in [0.29, 0.717) is 51.6 Å². The van der Waals surface area contributed by atoms with Gasteiger partial charge in [0.15, 0.2) is 5.82 Å². The van der Waals surface area contributed by atoms with Crippen LogP contribution in [-0.4, -0.2) is 68.6 Å². The Morgan fingerprint density at radius 1 is 1.08 bits per heavy atom. The molecule has 4 aromatic rings. The number of nitrogen functional groups attached to an aromatic ring is 1. The van der Waals surface area contributed by atoms with Crippen LogP contribution in [0.5, 0.6) is 0 Å². The third-order valence-electron chi connectivity index (χ3n) is 5.25. The molecule has 0 radical (unpaired) electrons. The lowest BCUT2D eigenvalue weighted by molar-refractivity contribution is -0.384. The molecule has 3 aromatic heterocycles. The van der Waals surface area contributed by atoms with Gasteiger partial charge in [-0.3, -0.25) is 10.1 Å². The van der Waals surface area contributed by atoms with Gasteiger partial charge in [-0.15, -0.1) is 0 Å². The summed E-state index contributed by atoms with van der Waals surface area (Å²) in [7, 11) is 3.92. The van der Waals surface area contributed by atoms with Crippen LogP contribution in [0.2, 0.25) is 10.0 Å². The van der Waals surface area contributed by atoms with E-state index in [-0.39, 0.29) is 29.8 Å². The van der Waals surface area contributed by atoms with Crippen molar-refractivity contribution in [1.82, 2.24) is 30.0 Å². The molecule has 0 unspecified atom stereocenters. The Bertz CT molecular complexity index is 1450. The van der Waals surface area contributed by atoms with Crippen molar-refractivity contribution in [3.05, 3.63) is 62.5 Å². The van der Waals surface area contributed by atoms with E-state index in [1.54, 1.807) is 24.4 Å². The molecule has 198 valence electrons. The number of rotatable bonds is 11. The topological polar surface area (TPSA) is 174 Å². The molecule has 0 aliphatic rings. The summed E-state index contributed by atoms with van der Waals surface area (Å²) in [6, 6.07) is 7.73. The molecule has 13 nitrogen and oxygen atoms in total. The Morgan fingerprint density at radius 3 is 2.61 bits per heavy atom. The van der Waals surface area contributed by atoms with Gasteiger partial charge in [-0.05, 0) is 38.4 Å². The molecular weight excluding hydrogens is 535 g/mol. The van der Waals surface area contributed by atoms with Gasteiger partial charge in [-0.2, -0.15) is 4.98 Å². The number of pyridine rings is 1. The van der Waals surface area contributed by atoms with Crippen LogP contribution in [0.1, 0.15) is 5.82 Å². The van der Waals surface area contributed by atoms with Crippen LogP contribution in [0.25, 0.3) is 22.7 Å². The maximum atomic E-state index is 11.2. The SMILES string of the molecule is CN(C)CCc1noc(-c2cnc(NCCNc3nc(N)ccc3[N+](=O)[O-])nc2-c2ccc(Cl)cc2Cl)n1. The summed E-state index contributed by atoms with van der Waals surface area (Å²) >= 11 is 12.6. The zero-order valence-electron chi connectivity index (χ0n) is 20.5. The minimum Gasteiger partial charge on any atom is -0.384 e. The van der Waals surface area contributed by atoms with Crippen LogP contribution in [0.15, 0.2) is 41.1 Å². The number of aromatic nitrogens is 5. The number of nitrogens with two attached hydrogens (primary N) is 1. The highest BCUT2D eigenvalue weighted by molar-refractivity contribution is 6.36. The summed E-state index contributed by atoms with van der Waals surface area (Å²) in [4.78, 5) is 30.2. The van der Waals surface area contributed by atoms with Crippen LogP contribution in [0, 0.1) is 10.1 Å². The molecule has 1 aromatic carbocycles. The number of hydrogen-bond acceptors (Lipinski definition) is 12. The van der Waals surface area contributed by atoms with E-state index < -0.39 is 4.92 Å². The minimum atomic E-state index is -0.532. The second kappa shape index (κ2) is 12.0. The highest BCUT2D eigenvalue weighted by atomic mass is 35.5. The molecule has 0 aliphatic heterocycles. The summed E-state index contributed by atoms with van der Waals surface area (Å²) in [5, 5.41) is 22.1. The first-order valence-electron chi connectivity index (χ1n) is 11.4. The first-order valence-corrected chi connectivity index (χ1v) is 12.2. The lowest BCUT2D eigenvalue weighted by atomic mass is 10.1. The fourth-order valence-corrected chi connectivity index (χ4v) is 3.90. The van der Waals surface area contributed by atoms with Gasteiger partial charge in [0, 0.05) is 48.9 Å². The van der Waals surface area contributed by atoms with E-state index >= 15 is 0 Å². The van der Waals surface area contributed by atoms with Gasteiger partial charge in [0.2, 0.25) is 11.8 Å². The number of halogens is 2. The standard InChI is InChI=1S/C23H24Cl2N10O3/c1-34(2)10-7-19-31-22(38-33-19)15-12-29-23(32-20(15)14-4-3-13(24)11-16(14)25)28-9-8-27-21-17(35(36)37)5-6-18(26)30-21/h3-6,11-12H,7-10H2,1-2H3,(H3,26,27,30)(H,28,29,32). The van der Waals surface area contributed by atoms with Crippen molar-refractivity contribution >= 4 is 46.5 Å². The van der Waals surface area contributed by atoms with E-state index in [1.165, 1.54) is 12.1 Å². The van der Waals surface area contributed by atoms with E-state index in [9.17, 15) is 10.1 Å². The Morgan fingerprint density at radius 2 is 1.87 bits per heavy atom. The average molecular weight is 559 g/mol. The number of hydrogen-bond donors (Lipinski definition) is 3. The molecule has 0 aliphatic carbocycles. The molecule has 4 rings (SSSR count). The fraction of sp³-hybridized carbons (Fsp3) is 0.261. The van der Waals surface area contributed by atoms with E-state index in [1.807, 2.05) is 19.0 Å². The Labute approximate surface area is 227 Å². The highest BCUT2D eigenvalue weighted by Gasteiger charge is 2.20. The molecule has 0 bridgehead atoms. The number of nitrogens with one attached hydrogen (secondary N) is 2. The van der Waals surface area contributed by atoms with Crippen molar-refractivity contribution in [3.8, 4) is 22.7 Å². The molecule has 38 heavy (non-hydrogen) atoms. The fourth-order valence-electron chi connectivity index (χ4n) is 3.40. The lowest BCUT2D eigenvalue weighted by Crippen LogP contribution is -2.17. The summed E-state index contributed by atoms with van der Waals surface area (Å²) in [6.45, 7) is 1.35. The second-order valence-electron chi connectivity index (χ2n) is 8.36. The summed E-state index contributed by atoms with van der Waals surface area (Å²) in [6.07, 6.45) is 2.18. The maximum absolute atomic E-state index is 11.2. The predicted octanol–water partition coefficient (Wildman–Crippen LogP) is 4.01. The van der Waals surface area contributed by atoms with Gasteiger partial charge in [0.25, 0.3) is 5.89 Å². The molecule has 0 atom stereocenters. The molecule has 0 saturated heterocycles. The van der Waals surface area contributed by atoms with Gasteiger partial charge in [0.05, 0.1) is 21.2 Å². The molecule has 3 heterocycles. The van der Waals surface area contributed by atoms with Crippen molar-refractivity contribution in [2.75, 3.05) is 50.1 Å². The van der Waals surface area contributed by atoms with Crippen molar-refractivity contribution in [3.63, 3.8) is 0 Å². The number of anilines is 3.